The maximum absolute atomic E-state index is 12.1. The predicted octanol–water partition coefficient (Wildman–Crippen LogP) is 5.31. The number of hydrogen-bond acceptors (Lipinski definition) is 8. The van der Waals surface area contributed by atoms with Crippen LogP contribution >= 0.6 is 46.0 Å². The van der Waals surface area contributed by atoms with Crippen molar-refractivity contribution in [2.24, 2.45) is 0 Å². The largest absolute Gasteiger partial charge is 0.410 e. The quantitative estimate of drug-likeness (QED) is 0.414. The third-order valence-corrected chi connectivity index (χ3v) is 6.13. The van der Waals surface area contributed by atoms with Crippen LogP contribution in [0.5, 0.6) is 0 Å². The number of rotatable bonds is 6. The lowest BCUT2D eigenvalue weighted by Crippen LogP contribution is -2.13. The molecule has 0 saturated carbocycles. The van der Waals surface area contributed by atoms with Gasteiger partial charge < -0.3 is 9.73 Å². The Morgan fingerprint density at radius 1 is 1.19 bits per heavy atom. The summed E-state index contributed by atoms with van der Waals surface area (Å²) in [6, 6.07) is 13.4. The third-order valence-electron chi connectivity index (χ3n) is 3.34. The number of anilines is 1. The summed E-state index contributed by atoms with van der Waals surface area (Å²) >= 11 is 9.81. The van der Waals surface area contributed by atoms with Gasteiger partial charge in [-0.3, -0.25) is 4.79 Å². The minimum absolute atomic E-state index is 0.146. The van der Waals surface area contributed by atoms with Crippen LogP contribution in [0.4, 0.5) is 5.13 Å². The zero-order valence-electron chi connectivity index (χ0n) is 13.6. The molecule has 1 aromatic carbocycles. The van der Waals surface area contributed by atoms with Crippen molar-refractivity contribution in [3.05, 3.63) is 52.2 Å². The van der Waals surface area contributed by atoms with E-state index in [1.54, 1.807) is 6.07 Å². The molecule has 0 fully saturated rings. The highest BCUT2D eigenvalue weighted by Crippen LogP contribution is 2.31. The smallest absolute Gasteiger partial charge is 0.277 e. The lowest BCUT2D eigenvalue weighted by molar-refractivity contribution is -0.113. The Morgan fingerprint density at radius 2 is 2.04 bits per heavy atom. The van der Waals surface area contributed by atoms with Crippen molar-refractivity contribution in [1.82, 2.24) is 15.2 Å². The number of amides is 1. The molecular weight excluding hydrogens is 424 g/mol. The molecule has 3 heterocycles. The van der Waals surface area contributed by atoms with E-state index in [0.717, 1.165) is 16.1 Å². The molecule has 0 spiro atoms. The first-order valence-corrected chi connectivity index (χ1v) is 10.8. The van der Waals surface area contributed by atoms with E-state index < -0.39 is 0 Å². The van der Waals surface area contributed by atoms with Crippen LogP contribution in [0.15, 0.2) is 57.5 Å². The maximum Gasteiger partial charge on any atom is 0.277 e. The van der Waals surface area contributed by atoms with Crippen LogP contribution in [0, 0.1) is 0 Å². The molecule has 0 saturated heterocycles. The lowest BCUT2D eigenvalue weighted by Gasteiger charge is -1.99. The first kappa shape index (κ1) is 18.2. The summed E-state index contributed by atoms with van der Waals surface area (Å²) in [6.07, 6.45) is 0. The summed E-state index contributed by atoms with van der Waals surface area (Å²) in [5, 5.41) is 13.5. The molecule has 0 aliphatic carbocycles. The Labute approximate surface area is 171 Å². The van der Waals surface area contributed by atoms with Gasteiger partial charge in [0.05, 0.1) is 20.7 Å². The number of benzene rings is 1. The zero-order valence-corrected chi connectivity index (χ0v) is 16.8. The van der Waals surface area contributed by atoms with E-state index in [0.29, 0.717) is 20.6 Å². The molecule has 0 atom stereocenters. The average molecular weight is 435 g/mol. The van der Waals surface area contributed by atoms with Gasteiger partial charge in [-0.05, 0) is 12.1 Å². The fraction of sp³-hybridized carbons (Fsp3) is 0.0588. The second kappa shape index (κ2) is 8.22. The molecule has 10 heteroatoms. The van der Waals surface area contributed by atoms with E-state index in [-0.39, 0.29) is 11.7 Å². The highest BCUT2D eigenvalue weighted by atomic mass is 35.5. The number of thioether (sulfide) groups is 1. The van der Waals surface area contributed by atoms with E-state index in [9.17, 15) is 4.79 Å². The molecule has 4 aromatic rings. The lowest BCUT2D eigenvalue weighted by atomic mass is 10.2. The Bertz CT molecular complexity index is 1060. The molecule has 4 rings (SSSR count). The second-order valence-electron chi connectivity index (χ2n) is 5.22. The number of thiophene rings is 1. The molecule has 136 valence electrons. The Balaban J connectivity index is 1.33. The number of carbonyl (C=O) groups is 1. The van der Waals surface area contributed by atoms with Crippen LogP contribution in [0.1, 0.15) is 0 Å². The van der Waals surface area contributed by atoms with Crippen molar-refractivity contribution in [2.45, 2.75) is 5.22 Å². The summed E-state index contributed by atoms with van der Waals surface area (Å²) in [4.78, 5) is 17.4. The van der Waals surface area contributed by atoms with Gasteiger partial charge in [0.25, 0.3) is 11.1 Å². The summed E-state index contributed by atoms with van der Waals surface area (Å²) in [6.45, 7) is 0. The van der Waals surface area contributed by atoms with Gasteiger partial charge in [-0.1, -0.05) is 53.7 Å². The molecule has 3 aromatic heterocycles. The van der Waals surface area contributed by atoms with Crippen molar-refractivity contribution in [1.29, 1.82) is 0 Å². The number of nitrogens with zero attached hydrogens (tertiary/aromatic N) is 3. The van der Waals surface area contributed by atoms with Crippen LogP contribution in [-0.4, -0.2) is 26.8 Å². The first-order valence-electron chi connectivity index (χ1n) is 7.70. The van der Waals surface area contributed by atoms with Gasteiger partial charge in [-0.25, -0.2) is 4.98 Å². The maximum atomic E-state index is 12.1. The van der Waals surface area contributed by atoms with Crippen molar-refractivity contribution < 1.29 is 9.21 Å². The topological polar surface area (TPSA) is 80.9 Å². The van der Waals surface area contributed by atoms with E-state index >= 15 is 0 Å². The van der Waals surface area contributed by atoms with Gasteiger partial charge in [-0.15, -0.1) is 32.9 Å². The van der Waals surface area contributed by atoms with E-state index in [1.807, 2.05) is 41.8 Å². The number of hydrogen-bond donors (Lipinski definition) is 1. The molecule has 0 aliphatic heterocycles. The predicted molar refractivity (Wildman–Crippen MR) is 110 cm³/mol. The Kier molecular flexibility index (Phi) is 5.53. The summed E-state index contributed by atoms with van der Waals surface area (Å²) < 4.78 is 6.19. The number of halogens is 1. The number of nitrogens with one attached hydrogen (secondary N) is 1. The van der Waals surface area contributed by atoms with Crippen LogP contribution in [0.25, 0.3) is 22.0 Å². The normalized spacial score (nSPS) is 10.9. The van der Waals surface area contributed by atoms with Gasteiger partial charge in [0.15, 0.2) is 5.13 Å². The Morgan fingerprint density at radius 3 is 2.81 bits per heavy atom. The highest BCUT2D eigenvalue weighted by Gasteiger charge is 2.14. The van der Waals surface area contributed by atoms with Gasteiger partial charge in [-0.2, -0.15) is 0 Å². The molecule has 0 unspecified atom stereocenters. The first-order chi connectivity index (χ1) is 13.2. The van der Waals surface area contributed by atoms with E-state index in [4.69, 9.17) is 16.0 Å². The molecule has 27 heavy (non-hydrogen) atoms. The summed E-state index contributed by atoms with van der Waals surface area (Å²) in [5.41, 5.74) is 1.84. The van der Waals surface area contributed by atoms with E-state index in [1.165, 1.54) is 34.4 Å². The van der Waals surface area contributed by atoms with Crippen LogP contribution < -0.4 is 5.32 Å². The minimum Gasteiger partial charge on any atom is -0.410 e. The summed E-state index contributed by atoms with van der Waals surface area (Å²) in [5.74, 6) is 0.350. The fourth-order valence-electron chi connectivity index (χ4n) is 2.15. The van der Waals surface area contributed by atoms with Gasteiger partial charge in [0, 0.05) is 10.9 Å². The number of thiazole rings is 1. The molecule has 0 aliphatic rings. The molecule has 0 bridgehead atoms. The van der Waals surface area contributed by atoms with Crippen molar-refractivity contribution in [3.63, 3.8) is 0 Å². The van der Waals surface area contributed by atoms with Crippen molar-refractivity contribution in [3.8, 4) is 22.0 Å². The molecule has 6 nitrogen and oxygen atoms in total. The number of carbonyl (C=O) groups excluding carboxylic acids is 1. The molecular formula is C17H11ClN4O2S3. The van der Waals surface area contributed by atoms with Crippen molar-refractivity contribution in [2.75, 3.05) is 11.1 Å². The van der Waals surface area contributed by atoms with E-state index in [2.05, 4.69) is 20.5 Å². The molecule has 1 N–H and O–H groups in total. The Hall–Kier alpha value is -2.20. The second-order valence-corrected chi connectivity index (χ2v) is 8.72. The van der Waals surface area contributed by atoms with Crippen LogP contribution in [-0.2, 0) is 4.79 Å². The zero-order chi connectivity index (χ0) is 18.6. The van der Waals surface area contributed by atoms with Crippen LogP contribution in [0.3, 0.4) is 0 Å². The SMILES string of the molecule is O=C(CSc1nnc(-c2ccc(Cl)s2)o1)Nc1nc(-c2ccccc2)cs1. The summed E-state index contributed by atoms with van der Waals surface area (Å²) in [7, 11) is 0. The average Bonchev–Trinajstić information content (AvgIpc) is 3.41. The van der Waals surface area contributed by atoms with Gasteiger partial charge in [0.2, 0.25) is 5.91 Å². The highest BCUT2D eigenvalue weighted by molar-refractivity contribution is 7.99. The third kappa shape index (κ3) is 4.56. The molecule has 1 amide bonds. The standard InChI is InChI=1S/C17H11ClN4O2S3/c18-13-7-6-12(27-13)15-21-22-17(24-15)26-9-14(23)20-16-19-11(8-25-16)10-4-2-1-3-5-10/h1-8H,9H2,(H,19,20,23). The van der Waals surface area contributed by atoms with Crippen molar-refractivity contribution >= 4 is 57.1 Å². The monoisotopic (exact) mass is 434 g/mol. The van der Waals surface area contributed by atoms with Crippen LogP contribution in [0.2, 0.25) is 4.34 Å². The minimum atomic E-state index is -0.187. The molecule has 0 radical (unpaired) electrons. The van der Waals surface area contributed by atoms with Gasteiger partial charge >= 0.3 is 0 Å². The fourth-order valence-corrected chi connectivity index (χ4v) is 4.42. The van der Waals surface area contributed by atoms with Gasteiger partial charge in [0.1, 0.15) is 0 Å². The number of aromatic nitrogens is 3.